The van der Waals surface area contributed by atoms with Gasteiger partial charge in [0.2, 0.25) is 0 Å². The van der Waals surface area contributed by atoms with Gasteiger partial charge in [0.25, 0.3) is 0 Å². The number of halogens is 1. The van der Waals surface area contributed by atoms with Gasteiger partial charge in [-0.1, -0.05) is 30.7 Å². The van der Waals surface area contributed by atoms with E-state index < -0.39 is 11.9 Å². The lowest BCUT2D eigenvalue weighted by atomic mass is 9.80. The number of hydrogen-bond acceptors (Lipinski definition) is 2. The maximum Gasteiger partial charge on any atom is 0.417 e. The molecule has 1 saturated carbocycles. The van der Waals surface area contributed by atoms with E-state index in [-0.39, 0.29) is 5.69 Å². The third-order valence-corrected chi connectivity index (χ3v) is 3.76. The molecule has 0 aromatic heterocycles. The summed E-state index contributed by atoms with van der Waals surface area (Å²) in [6.45, 7) is 0. The summed E-state index contributed by atoms with van der Waals surface area (Å²) in [5, 5.41) is 2.42. The minimum absolute atomic E-state index is 0.138. The average Bonchev–Trinajstić information content (AvgIpc) is 2.41. The number of ether oxygens (including phenoxy) is 1. The molecular weight excluding hydrogens is 269 g/mol. The van der Waals surface area contributed by atoms with Gasteiger partial charge in [0.15, 0.2) is 0 Å². The third kappa shape index (κ3) is 3.21. The van der Waals surface area contributed by atoms with Crippen molar-refractivity contribution in [1.82, 2.24) is 0 Å². The smallest absolute Gasteiger partial charge is 0.410 e. The highest BCUT2D eigenvalue weighted by Gasteiger charge is 2.20. The maximum absolute atomic E-state index is 14.0. The van der Waals surface area contributed by atoms with Crippen LogP contribution in [-0.2, 0) is 0 Å². The minimum atomic E-state index is -0.698. The van der Waals surface area contributed by atoms with Crippen LogP contribution >= 0.6 is 0 Å². The number of rotatable bonds is 3. The van der Waals surface area contributed by atoms with Crippen LogP contribution in [0.1, 0.15) is 30.7 Å². The molecule has 4 heteroatoms. The van der Waals surface area contributed by atoms with E-state index in [0.717, 1.165) is 18.4 Å². The topological polar surface area (TPSA) is 38.3 Å². The van der Waals surface area contributed by atoms with E-state index in [9.17, 15) is 9.18 Å². The maximum atomic E-state index is 14.0. The van der Waals surface area contributed by atoms with Crippen LogP contribution < -0.4 is 10.1 Å². The SMILES string of the molecule is O=C(Nc1ccc(C2CCC2)cc1F)Oc1ccccc1. The quantitative estimate of drug-likeness (QED) is 0.887. The normalized spacial score (nSPS) is 14.3. The molecule has 3 rings (SSSR count). The first-order valence-corrected chi connectivity index (χ1v) is 7.06. The second-order valence-electron chi connectivity index (χ2n) is 5.19. The Morgan fingerprint density at radius 3 is 2.52 bits per heavy atom. The van der Waals surface area contributed by atoms with Gasteiger partial charge < -0.3 is 4.74 Å². The predicted molar refractivity (Wildman–Crippen MR) is 79.1 cm³/mol. The molecule has 21 heavy (non-hydrogen) atoms. The highest BCUT2D eigenvalue weighted by atomic mass is 19.1. The van der Waals surface area contributed by atoms with Crippen LogP contribution in [0, 0.1) is 5.82 Å². The fourth-order valence-corrected chi connectivity index (χ4v) is 2.36. The van der Waals surface area contributed by atoms with Crippen LogP contribution in [0.25, 0.3) is 0 Å². The van der Waals surface area contributed by atoms with Gasteiger partial charge in [-0.25, -0.2) is 9.18 Å². The van der Waals surface area contributed by atoms with Crippen LogP contribution in [0.4, 0.5) is 14.9 Å². The molecule has 0 saturated heterocycles. The number of carbonyl (C=O) groups excluding carboxylic acids is 1. The highest BCUT2D eigenvalue weighted by Crippen LogP contribution is 2.37. The van der Waals surface area contributed by atoms with Crippen molar-refractivity contribution in [3.8, 4) is 5.75 Å². The lowest BCUT2D eigenvalue weighted by Crippen LogP contribution is -2.18. The predicted octanol–water partition coefficient (Wildman–Crippen LogP) is 4.70. The summed E-state index contributed by atoms with van der Waals surface area (Å²) in [6, 6.07) is 13.6. The Kier molecular flexibility index (Phi) is 3.86. The molecule has 0 spiro atoms. The molecule has 1 aliphatic carbocycles. The number of amides is 1. The molecule has 0 radical (unpaired) electrons. The molecule has 0 unspecified atom stereocenters. The summed E-state index contributed by atoms with van der Waals surface area (Å²) >= 11 is 0. The van der Waals surface area contributed by atoms with Gasteiger partial charge in [-0.05, 0) is 48.6 Å². The van der Waals surface area contributed by atoms with Crippen molar-refractivity contribution in [3.05, 3.63) is 59.9 Å². The molecule has 108 valence electrons. The lowest BCUT2D eigenvalue weighted by molar-refractivity contribution is 0.215. The number of benzene rings is 2. The van der Waals surface area contributed by atoms with E-state index in [2.05, 4.69) is 5.32 Å². The lowest BCUT2D eigenvalue weighted by Gasteiger charge is -2.26. The summed E-state index contributed by atoms with van der Waals surface area (Å²) in [4.78, 5) is 11.7. The fraction of sp³-hybridized carbons (Fsp3) is 0.235. The molecule has 3 nitrogen and oxygen atoms in total. The number of carbonyl (C=O) groups is 1. The van der Waals surface area contributed by atoms with Crippen molar-refractivity contribution in [2.75, 3.05) is 5.32 Å². The highest BCUT2D eigenvalue weighted by molar-refractivity contribution is 5.86. The molecule has 0 atom stereocenters. The molecule has 0 heterocycles. The number of anilines is 1. The zero-order valence-electron chi connectivity index (χ0n) is 11.5. The second-order valence-corrected chi connectivity index (χ2v) is 5.19. The molecular formula is C17H16FNO2. The van der Waals surface area contributed by atoms with Crippen LogP contribution in [0.2, 0.25) is 0 Å². The largest absolute Gasteiger partial charge is 0.417 e. The Balaban J connectivity index is 1.65. The molecule has 1 aliphatic rings. The monoisotopic (exact) mass is 285 g/mol. The molecule has 0 aliphatic heterocycles. The third-order valence-electron chi connectivity index (χ3n) is 3.76. The van der Waals surface area contributed by atoms with Crippen molar-refractivity contribution in [2.24, 2.45) is 0 Å². The molecule has 1 amide bonds. The molecule has 2 aromatic carbocycles. The van der Waals surface area contributed by atoms with Crippen LogP contribution in [0.15, 0.2) is 48.5 Å². The van der Waals surface area contributed by atoms with E-state index in [4.69, 9.17) is 4.74 Å². The Hall–Kier alpha value is -2.36. The summed E-state index contributed by atoms with van der Waals surface area (Å²) in [6.07, 6.45) is 2.73. The van der Waals surface area contributed by atoms with Gasteiger partial charge in [-0.2, -0.15) is 0 Å². The van der Waals surface area contributed by atoms with Crippen molar-refractivity contribution in [2.45, 2.75) is 25.2 Å². The van der Waals surface area contributed by atoms with E-state index >= 15 is 0 Å². The van der Waals surface area contributed by atoms with Gasteiger partial charge in [-0.15, -0.1) is 0 Å². The van der Waals surface area contributed by atoms with E-state index in [1.54, 1.807) is 30.3 Å². The van der Waals surface area contributed by atoms with E-state index in [1.165, 1.54) is 12.5 Å². The molecule has 2 aromatic rings. The number of hydrogen-bond donors (Lipinski definition) is 1. The number of para-hydroxylation sites is 1. The zero-order valence-corrected chi connectivity index (χ0v) is 11.5. The first kappa shape index (κ1) is 13.6. The average molecular weight is 285 g/mol. The van der Waals surface area contributed by atoms with Crippen molar-refractivity contribution < 1.29 is 13.9 Å². The Morgan fingerprint density at radius 1 is 1.14 bits per heavy atom. The zero-order chi connectivity index (χ0) is 14.7. The van der Waals surface area contributed by atoms with Crippen LogP contribution in [-0.4, -0.2) is 6.09 Å². The van der Waals surface area contributed by atoms with Crippen molar-refractivity contribution in [3.63, 3.8) is 0 Å². The first-order valence-electron chi connectivity index (χ1n) is 7.06. The Bertz CT molecular complexity index is 638. The van der Waals surface area contributed by atoms with Crippen LogP contribution in [0.5, 0.6) is 5.75 Å². The summed E-state index contributed by atoms with van der Waals surface area (Å²) in [7, 11) is 0. The number of nitrogens with one attached hydrogen (secondary N) is 1. The minimum Gasteiger partial charge on any atom is -0.410 e. The second kappa shape index (κ2) is 5.95. The van der Waals surface area contributed by atoms with Crippen molar-refractivity contribution in [1.29, 1.82) is 0 Å². The Morgan fingerprint density at radius 2 is 1.90 bits per heavy atom. The standard InChI is InChI=1S/C17H16FNO2/c18-15-11-13(12-5-4-6-12)9-10-16(15)19-17(20)21-14-7-2-1-3-8-14/h1-3,7-12H,4-6H2,(H,19,20). The summed E-state index contributed by atoms with van der Waals surface area (Å²) < 4.78 is 19.1. The Labute approximate surface area is 122 Å². The van der Waals surface area contributed by atoms with E-state index in [1.807, 2.05) is 12.1 Å². The van der Waals surface area contributed by atoms with Gasteiger partial charge in [0.05, 0.1) is 5.69 Å². The van der Waals surface area contributed by atoms with Gasteiger partial charge in [0.1, 0.15) is 11.6 Å². The fourth-order valence-electron chi connectivity index (χ4n) is 2.36. The van der Waals surface area contributed by atoms with Crippen LogP contribution in [0.3, 0.4) is 0 Å². The van der Waals surface area contributed by atoms with Gasteiger partial charge in [0, 0.05) is 0 Å². The van der Waals surface area contributed by atoms with E-state index in [0.29, 0.717) is 11.7 Å². The van der Waals surface area contributed by atoms with Crippen molar-refractivity contribution >= 4 is 11.8 Å². The molecule has 0 bridgehead atoms. The molecule has 1 fully saturated rings. The van der Waals surface area contributed by atoms with Gasteiger partial charge >= 0.3 is 6.09 Å². The molecule has 1 N–H and O–H groups in total. The van der Waals surface area contributed by atoms with Gasteiger partial charge in [-0.3, -0.25) is 5.32 Å². The first-order chi connectivity index (χ1) is 10.2. The summed E-state index contributed by atoms with van der Waals surface area (Å²) in [5.41, 5.74) is 1.14. The summed E-state index contributed by atoms with van der Waals surface area (Å²) in [5.74, 6) is 0.454.